The second-order valence-electron chi connectivity index (χ2n) is 5.40. The first kappa shape index (κ1) is 27.0. The molecule has 31 heavy (non-hydrogen) atoms. The van der Waals surface area contributed by atoms with Gasteiger partial charge in [0.2, 0.25) is 0 Å². The van der Waals surface area contributed by atoms with Crippen molar-refractivity contribution in [3.05, 3.63) is 89.5 Å². The van der Waals surface area contributed by atoms with Crippen molar-refractivity contribution in [2.45, 2.75) is 0 Å². The fourth-order valence-electron chi connectivity index (χ4n) is 1.93. The zero-order valence-corrected chi connectivity index (χ0v) is 16.6. The molecule has 0 bridgehead atoms. The van der Waals surface area contributed by atoms with Crippen molar-refractivity contribution in [1.82, 2.24) is 0 Å². The number of hydrogen-bond acceptors (Lipinski definition) is 6. The number of carboxylic acid groups (broad SMARTS) is 3. The van der Waals surface area contributed by atoms with Gasteiger partial charge in [0.1, 0.15) is 0 Å². The van der Waals surface area contributed by atoms with Gasteiger partial charge in [-0.05, 0) is 18.2 Å². The average Bonchev–Trinajstić information content (AvgIpc) is 2.69. The van der Waals surface area contributed by atoms with Crippen LogP contribution in [0, 0.1) is 0 Å². The van der Waals surface area contributed by atoms with E-state index < -0.39 is 35.2 Å². The van der Waals surface area contributed by atoms with Gasteiger partial charge in [0.25, 0.3) is 0 Å². The van der Waals surface area contributed by atoms with Gasteiger partial charge in [0.05, 0.1) is 16.7 Å². The van der Waals surface area contributed by atoms with Crippen molar-refractivity contribution in [1.29, 1.82) is 0 Å². The third-order valence-electron chi connectivity index (χ3n) is 3.35. The molecular weight excluding hydrogens is 455 g/mol. The Bertz CT molecular complexity index is 903. The molecule has 0 aliphatic heterocycles. The van der Waals surface area contributed by atoms with Gasteiger partial charge in [-0.15, -0.1) is 0 Å². The molecule has 3 N–H and O–H groups in total. The average molecular weight is 470 g/mol. The van der Waals surface area contributed by atoms with Crippen LogP contribution in [0.2, 0.25) is 0 Å². The summed E-state index contributed by atoms with van der Waals surface area (Å²) in [6, 6.07) is 16.6. The van der Waals surface area contributed by atoms with E-state index in [0.29, 0.717) is 0 Å². The number of carboxylic acids is 3. The van der Waals surface area contributed by atoms with Crippen LogP contribution in [-0.4, -0.2) is 33.2 Å². The van der Waals surface area contributed by atoms with Gasteiger partial charge in [-0.1, -0.05) is 71.8 Å². The molecule has 0 atom stereocenters. The standard InChI is InChI=1S/3C7H6O3.Co/c3*8-6-4-2-1-3-5(6)7(9)10;/h3*1-4,8H,(H,9,10);/q;;;+3/p-3. The molecule has 0 saturated carbocycles. The molecule has 0 heterocycles. The number of hydrogen-bond donors (Lipinski definition) is 3. The second kappa shape index (κ2) is 13.2. The summed E-state index contributed by atoms with van der Waals surface area (Å²) < 4.78 is 0. The van der Waals surface area contributed by atoms with Crippen LogP contribution >= 0.6 is 0 Å². The summed E-state index contributed by atoms with van der Waals surface area (Å²) in [5, 5.41) is 57.1. The van der Waals surface area contributed by atoms with Gasteiger partial charge < -0.3 is 30.6 Å². The summed E-state index contributed by atoms with van der Waals surface area (Å²) in [5.74, 6) is -4.87. The molecule has 0 aromatic heterocycles. The van der Waals surface area contributed by atoms with Crippen molar-refractivity contribution in [2.75, 3.05) is 0 Å². The third kappa shape index (κ3) is 8.89. The van der Waals surface area contributed by atoms with E-state index in [0.717, 1.165) is 0 Å². The van der Waals surface area contributed by atoms with Crippen molar-refractivity contribution in [2.24, 2.45) is 0 Å². The molecule has 0 radical (unpaired) electrons. The SMILES string of the molecule is O=C(O)c1ccccc1[O-].O=C(O)c1ccccc1[O-].O=C(O)c1ccccc1[O-].[Co+3]. The minimum atomic E-state index is -1.18. The van der Waals surface area contributed by atoms with E-state index in [1.807, 2.05) is 0 Å². The zero-order valence-electron chi connectivity index (χ0n) is 15.6. The fraction of sp³-hybridized carbons (Fsp3) is 0. The monoisotopic (exact) mass is 470 g/mol. The van der Waals surface area contributed by atoms with Crippen LogP contribution in [-0.2, 0) is 16.8 Å². The van der Waals surface area contributed by atoms with E-state index in [2.05, 4.69) is 0 Å². The van der Waals surface area contributed by atoms with E-state index in [4.69, 9.17) is 15.3 Å². The van der Waals surface area contributed by atoms with Gasteiger partial charge in [-0.3, -0.25) is 0 Å². The minimum Gasteiger partial charge on any atom is -0.872 e. The minimum absolute atomic E-state index is 0. The molecule has 0 spiro atoms. The predicted octanol–water partition coefficient (Wildman–Crippen LogP) is 1.37. The number of carbonyl (C=O) groups is 3. The van der Waals surface area contributed by atoms with Gasteiger partial charge >= 0.3 is 34.7 Å². The van der Waals surface area contributed by atoms with E-state index in [1.165, 1.54) is 72.8 Å². The van der Waals surface area contributed by atoms with Crippen LogP contribution in [0.15, 0.2) is 72.8 Å². The predicted molar refractivity (Wildman–Crippen MR) is 98.5 cm³/mol. The number of aromatic carboxylic acids is 3. The summed E-state index contributed by atoms with van der Waals surface area (Å²) in [6.45, 7) is 0. The second-order valence-corrected chi connectivity index (χ2v) is 5.40. The number of rotatable bonds is 3. The summed E-state index contributed by atoms with van der Waals surface area (Å²) in [4.78, 5) is 30.7. The summed E-state index contributed by atoms with van der Waals surface area (Å²) in [7, 11) is 0. The first-order chi connectivity index (χ1) is 14.1. The Balaban J connectivity index is 0.000000429. The Hall–Kier alpha value is -4.02. The molecule has 10 heteroatoms. The van der Waals surface area contributed by atoms with Gasteiger partial charge in [0, 0.05) is 0 Å². The normalized spacial score (nSPS) is 8.90. The molecule has 3 aromatic rings. The molecule has 162 valence electrons. The van der Waals surface area contributed by atoms with Crippen molar-refractivity contribution < 1.29 is 61.8 Å². The van der Waals surface area contributed by atoms with E-state index in [9.17, 15) is 29.7 Å². The van der Waals surface area contributed by atoms with E-state index in [-0.39, 0.29) is 33.5 Å². The van der Waals surface area contributed by atoms with Crippen molar-refractivity contribution >= 4 is 17.9 Å². The molecule has 0 unspecified atom stereocenters. The van der Waals surface area contributed by atoms with Crippen LogP contribution < -0.4 is 15.3 Å². The molecule has 0 fully saturated rings. The van der Waals surface area contributed by atoms with Crippen LogP contribution in [0.3, 0.4) is 0 Å². The van der Waals surface area contributed by atoms with E-state index >= 15 is 0 Å². The third-order valence-corrected chi connectivity index (χ3v) is 3.35. The molecule has 0 saturated heterocycles. The van der Waals surface area contributed by atoms with Crippen LogP contribution in [0.4, 0.5) is 0 Å². The Morgan fingerprint density at radius 2 is 0.677 bits per heavy atom. The maximum Gasteiger partial charge on any atom is 3.00 e. The molecular formula is C21H15CoO9. The maximum atomic E-state index is 10.7. The molecule has 0 aliphatic rings. The van der Waals surface area contributed by atoms with Gasteiger partial charge in [0.15, 0.2) is 0 Å². The Labute approximate surface area is 186 Å². The number of para-hydroxylation sites is 3. The molecule has 0 aliphatic carbocycles. The van der Waals surface area contributed by atoms with Gasteiger partial charge in [-0.25, -0.2) is 14.4 Å². The molecule has 0 amide bonds. The quantitative estimate of drug-likeness (QED) is 0.509. The summed E-state index contributed by atoms with van der Waals surface area (Å²) >= 11 is 0. The maximum absolute atomic E-state index is 10.7. The summed E-state index contributed by atoms with van der Waals surface area (Å²) in [5.41, 5.74) is -0.535. The fourth-order valence-corrected chi connectivity index (χ4v) is 1.93. The summed E-state index contributed by atoms with van der Waals surface area (Å²) in [6.07, 6.45) is 0. The zero-order chi connectivity index (χ0) is 22.7. The van der Waals surface area contributed by atoms with Crippen LogP contribution in [0.5, 0.6) is 17.2 Å². The smallest absolute Gasteiger partial charge is 0.872 e. The van der Waals surface area contributed by atoms with Crippen LogP contribution in [0.25, 0.3) is 0 Å². The van der Waals surface area contributed by atoms with Gasteiger partial charge in [-0.2, -0.15) is 0 Å². The first-order valence-corrected chi connectivity index (χ1v) is 8.13. The molecule has 9 nitrogen and oxygen atoms in total. The Kier molecular flexibility index (Phi) is 11.5. The first-order valence-electron chi connectivity index (χ1n) is 8.13. The Morgan fingerprint density at radius 3 is 0.806 bits per heavy atom. The number of benzene rings is 3. The van der Waals surface area contributed by atoms with E-state index in [1.54, 1.807) is 0 Å². The topological polar surface area (TPSA) is 181 Å². The van der Waals surface area contributed by atoms with Crippen molar-refractivity contribution in [3.63, 3.8) is 0 Å². The van der Waals surface area contributed by atoms with Crippen molar-refractivity contribution in [3.8, 4) is 17.2 Å². The molecule has 3 rings (SSSR count). The molecule has 3 aromatic carbocycles. The van der Waals surface area contributed by atoms with Crippen LogP contribution in [0.1, 0.15) is 31.1 Å². The largest absolute Gasteiger partial charge is 3.00 e. The Morgan fingerprint density at radius 1 is 0.484 bits per heavy atom.